The highest BCUT2D eigenvalue weighted by Crippen LogP contribution is 2.21. The Morgan fingerprint density at radius 3 is 2.42 bits per heavy atom. The molecule has 6 heteroatoms. The molecule has 1 aromatic rings. The van der Waals surface area contributed by atoms with Crippen LogP contribution in [0.25, 0.3) is 0 Å². The lowest BCUT2D eigenvalue weighted by molar-refractivity contribution is -0.142. The standard InChI is InChI=1S/C13H18FNO3S/c1-13(2,3)19(17)15-11(12(16)18-4)9-7-5-6-8-10(9)14/h5-8,11,15H,1-4H3/t11-,19?/m1/s1. The second-order valence-electron chi connectivity index (χ2n) is 4.98. The molecule has 4 nitrogen and oxygen atoms in total. The summed E-state index contributed by atoms with van der Waals surface area (Å²) in [5.74, 6) is -1.22. The van der Waals surface area contributed by atoms with Crippen molar-refractivity contribution in [2.45, 2.75) is 31.6 Å². The molecule has 1 aromatic carbocycles. The zero-order valence-corrected chi connectivity index (χ0v) is 12.2. The number of methoxy groups -OCH3 is 1. The number of halogens is 1. The lowest BCUT2D eigenvalue weighted by Crippen LogP contribution is -2.39. The minimum absolute atomic E-state index is 0.118. The van der Waals surface area contributed by atoms with Gasteiger partial charge in [0.15, 0.2) is 0 Å². The quantitative estimate of drug-likeness (QED) is 0.863. The van der Waals surface area contributed by atoms with Crippen molar-refractivity contribution >= 4 is 17.0 Å². The second kappa shape index (κ2) is 6.25. The number of rotatable bonds is 4. The zero-order valence-electron chi connectivity index (χ0n) is 11.4. The molecule has 0 aromatic heterocycles. The van der Waals surface area contributed by atoms with Crippen molar-refractivity contribution < 1.29 is 18.1 Å². The van der Waals surface area contributed by atoms with Crippen LogP contribution in [0.5, 0.6) is 0 Å². The van der Waals surface area contributed by atoms with Gasteiger partial charge in [0.25, 0.3) is 0 Å². The summed E-state index contributed by atoms with van der Waals surface area (Å²) in [6, 6.07) is 4.74. The Kier molecular flexibility index (Phi) is 5.20. The SMILES string of the molecule is COC(=O)[C@H](NS(=O)C(C)(C)C)c1ccccc1F. The zero-order chi connectivity index (χ0) is 14.6. The van der Waals surface area contributed by atoms with E-state index in [-0.39, 0.29) is 5.56 Å². The summed E-state index contributed by atoms with van der Waals surface area (Å²) in [6.45, 7) is 5.27. The Morgan fingerprint density at radius 1 is 1.37 bits per heavy atom. The van der Waals surface area contributed by atoms with Crippen LogP contribution in [-0.2, 0) is 20.5 Å². The van der Waals surface area contributed by atoms with Gasteiger partial charge >= 0.3 is 5.97 Å². The normalized spacial score (nSPS) is 14.8. The molecule has 0 saturated heterocycles. The summed E-state index contributed by atoms with van der Waals surface area (Å²) in [6.07, 6.45) is 0. The topological polar surface area (TPSA) is 55.4 Å². The van der Waals surface area contributed by atoms with Crippen molar-refractivity contribution in [1.29, 1.82) is 0 Å². The Hall–Kier alpha value is -1.27. The van der Waals surface area contributed by atoms with E-state index in [0.29, 0.717) is 0 Å². The molecule has 1 rings (SSSR count). The van der Waals surface area contributed by atoms with E-state index < -0.39 is 33.6 Å². The Morgan fingerprint density at radius 2 is 1.95 bits per heavy atom. The molecule has 0 spiro atoms. The third-order valence-electron chi connectivity index (χ3n) is 2.43. The number of carbonyl (C=O) groups excluding carboxylic acids is 1. The number of hydrogen-bond donors (Lipinski definition) is 1. The molecule has 0 aliphatic heterocycles. The molecular weight excluding hydrogens is 269 g/mol. The first-order chi connectivity index (χ1) is 8.77. The minimum atomic E-state index is -1.52. The number of carbonyl (C=O) groups is 1. The third-order valence-corrected chi connectivity index (χ3v) is 4.00. The number of ether oxygens (including phenoxy) is 1. The van der Waals surface area contributed by atoms with Gasteiger partial charge in [0.2, 0.25) is 0 Å². The molecule has 1 N–H and O–H groups in total. The molecule has 0 aliphatic rings. The van der Waals surface area contributed by atoms with Crippen molar-refractivity contribution in [3.63, 3.8) is 0 Å². The Labute approximate surface area is 114 Å². The lowest BCUT2D eigenvalue weighted by Gasteiger charge is -2.23. The van der Waals surface area contributed by atoms with Crippen molar-refractivity contribution in [1.82, 2.24) is 4.72 Å². The van der Waals surface area contributed by atoms with Crippen molar-refractivity contribution in [2.24, 2.45) is 0 Å². The van der Waals surface area contributed by atoms with Crippen LogP contribution in [0.2, 0.25) is 0 Å². The smallest absolute Gasteiger partial charge is 0.328 e. The van der Waals surface area contributed by atoms with Crippen LogP contribution < -0.4 is 4.72 Å². The molecule has 0 saturated carbocycles. The van der Waals surface area contributed by atoms with E-state index in [1.54, 1.807) is 26.8 Å². The highest BCUT2D eigenvalue weighted by Gasteiger charge is 2.30. The molecule has 0 radical (unpaired) electrons. The summed E-state index contributed by atoms with van der Waals surface area (Å²) in [7, 11) is -0.310. The Balaban J connectivity index is 3.07. The van der Waals surface area contributed by atoms with Crippen LogP contribution in [0.4, 0.5) is 4.39 Å². The Bertz CT molecular complexity index is 485. The largest absolute Gasteiger partial charge is 0.468 e. The van der Waals surface area contributed by atoms with Gasteiger partial charge in [-0.1, -0.05) is 18.2 Å². The maximum absolute atomic E-state index is 13.7. The fourth-order valence-electron chi connectivity index (χ4n) is 1.35. The average Bonchev–Trinajstić information content (AvgIpc) is 2.34. The van der Waals surface area contributed by atoms with E-state index in [0.717, 1.165) is 0 Å². The van der Waals surface area contributed by atoms with E-state index >= 15 is 0 Å². The van der Waals surface area contributed by atoms with Gasteiger partial charge in [-0.05, 0) is 26.8 Å². The van der Waals surface area contributed by atoms with Crippen LogP contribution >= 0.6 is 0 Å². The molecule has 19 heavy (non-hydrogen) atoms. The average molecular weight is 287 g/mol. The van der Waals surface area contributed by atoms with Crippen molar-refractivity contribution in [3.8, 4) is 0 Å². The maximum atomic E-state index is 13.7. The predicted octanol–water partition coefficient (Wildman–Crippen LogP) is 2.09. The number of nitrogens with one attached hydrogen (secondary N) is 1. The lowest BCUT2D eigenvalue weighted by atomic mass is 10.1. The molecule has 0 heterocycles. The van der Waals surface area contributed by atoms with Gasteiger partial charge in [-0.15, -0.1) is 0 Å². The van der Waals surface area contributed by atoms with Gasteiger partial charge in [-0.3, -0.25) is 0 Å². The summed E-state index contributed by atoms with van der Waals surface area (Å²) < 4.78 is 32.5. The van der Waals surface area contributed by atoms with Gasteiger partial charge in [0.1, 0.15) is 11.9 Å². The van der Waals surface area contributed by atoms with E-state index in [1.807, 2.05) is 0 Å². The van der Waals surface area contributed by atoms with Gasteiger partial charge in [-0.25, -0.2) is 18.1 Å². The van der Waals surface area contributed by atoms with Gasteiger partial charge in [0, 0.05) is 5.56 Å². The molecule has 0 amide bonds. The number of hydrogen-bond acceptors (Lipinski definition) is 3. The van der Waals surface area contributed by atoms with Crippen molar-refractivity contribution in [2.75, 3.05) is 7.11 Å². The van der Waals surface area contributed by atoms with Gasteiger partial charge < -0.3 is 4.74 Å². The van der Waals surface area contributed by atoms with E-state index in [2.05, 4.69) is 9.46 Å². The molecule has 0 bridgehead atoms. The molecule has 106 valence electrons. The van der Waals surface area contributed by atoms with Crippen molar-refractivity contribution in [3.05, 3.63) is 35.6 Å². The van der Waals surface area contributed by atoms with Gasteiger partial charge in [-0.2, -0.15) is 0 Å². The van der Waals surface area contributed by atoms with Gasteiger partial charge in [0.05, 0.1) is 22.8 Å². The molecule has 0 aliphatic carbocycles. The number of esters is 1. The fourth-order valence-corrected chi connectivity index (χ4v) is 2.14. The highest BCUT2D eigenvalue weighted by molar-refractivity contribution is 7.84. The van der Waals surface area contributed by atoms with Crippen LogP contribution in [0, 0.1) is 5.82 Å². The third kappa shape index (κ3) is 4.11. The van der Waals surface area contributed by atoms with Crippen LogP contribution in [0.3, 0.4) is 0 Å². The highest BCUT2D eigenvalue weighted by atomic mass is 32.2. The van der Waals surface area contributed by atoms with Crippen LogP contribution in [0.15, 0.2) is 24.3 Å². The first-order valence-electron chi connectivity index (χ1n) is 5.77. The van der Waals surface area contributed by atoms with E-state index in [9.17, 15) is 13.4 Å². The maximum Gasteiger partial charge on any atom is 0.328 e. The second-order valence-corrected chi connectivity index (χ2v) is 6.97. The molecular formula is C13H18FNO3S. The number of benzene rings is 1. The minimum Gasteiger partial charge on any atom is -0.468 e. The molecule has 1 unspecified atom stereocenters. The van der Waals surface area contributed by atoms with Crippen LogP contribution in [0.1, 0.15) is 32.4 Å². The molecule has 0 fully saturated rings. The summed E-state index contributed by atoms with van der Waals surface area (Å²) in [4.78, 5) is 11.7. The monoisotopic (exact) mass is 287 g/mol. The summed E-state index contributed by atoms with van der Waals surface area (Å²) in [5, 5.41) is 0. The fraction of sp³-hybridized carbons (Fsp3) is 0.462. The predicted molar refractivity (Wildman–Crippen MR) is 72.2 cm³/mol. The summed E-state index contributed by atoms with van der Waals surface area (Å²) in [5.41, 5.74) is 0.118. The van der Waals surface area contributed by atoms with E-state index in [4.69, 9.17) is 0 Å². The van der Waals surface area contributed by atoms with E-state index in [1.165, 1.54) is 25.3 Å². The first-order valence-corrected chi connectivity index (χ1v) is 6.92. The van der Waals surface area contributed by atoms with Crippen LogP contribution in [-0.4, -0.2) is 22.0 Å². The molecule has 2 atom stereocenters. The first kappa shape index (κ1) is 15.8. The summed E-state index contributed by atoms with van der Waals surface area (Å²) >= 11 is 0.